The van der Waals surface area contributed by atoms with Crippen molar-refractivity contribution in [2.75, 3.05) is 13.1 Å². The second-order valence-corrected chi connectivity index (χ2v) is 7.05. The van der Waals surface area contributed by atoms with Gasteiger partial charge in [0.1, 0.15) is 5.82 Å². The van der Waals surface area contributed by atoms with E-state index in [9.17, 15) is 4.39 Å². The molecular weight excluding hydrogens is 385 g/mol. The maximum absolute atomic E-state index is 14.1. The summed E-state index contributed by atoms with van der Waals surface area (Å²) in [6.07, 6.45) is 0.710. The summed E-state index contributed by atoms with van der Waals surface area (Å²) < 4.78 is 16.0. The minimum atomic E-state index is -0.141. The first-order valence-electron chi connectivity index (χ1n) is 6.50. The van der Waals surface area contributed by atoms with E-state index in [1.807, 2.05) is 30.3 Å². The maximum atomic E-state index is 14.1. The Kier molecular flexibility index (Phi) is 3.98. The lowest BCUT2D eigenvalue weighted by molar-refractivity contribution is 0.271. The van der Waals surface area contributed by atoms with Gasteiger partial charge in [-0.2, -0.15) is 0 Å². The molecule has 1 heterocycles. The van der Waals surface area contributed by atoms with Gasteiger partial charge in [-0.3, -0.25) is 0 Å². The summed E-state index contributed by atoms with van der Waals surface area (Å²) in [5.41, 5.74) is 2.00. The van der Waals surface area contributed by atoms with Gasteiger partial charge in [0.15, 0.2) is 0 Å². The van der Waals surface area contributed by atoms with Gasteiger partial charge in [0, 0.05) is 27.4 Å². The maximum Gasteiger partial charge on any atom is 0.127 e. The second-order valence-electron chi connectivity index (χ2n) is 5.28. The van der Waals surface area contributed by atoms with Crippen LogP contribution in [-0.2, 0) is 11.8 Å². The summed E-state index contributed by atoms with van der Waals surface area (Å²) in [4.78, 5) is 0. The highest BCUT2D eigenvalue weighted by molar-refractivity contribution is 9.10. The lowest BCUT2D eigenvalue weighted by atomic mass is 9.71. The van der Waals surface area contributed by atoms with Gasteiger partial charge in [-0.15, -0.1) is 0 Å². The molecule has 0 aromatic heterocycles. The standard InChI is InChI=1S/C16H14Br2FN/c17-12-6-5-11(15(19)7-12)8-16(9-20-10-16)13-3-1-2-4-14(13)18/h1-7,20H,8-10H2. The Bertz CT molecular complexity index is 638. The molecule has 0 atom stereocenters. The normalized spacial score (nSPS) is 16.8. The molecule has 1 aliphatic rings. The van der Waals surface area contributed by atoms with Crippen LogP contribution in [0, 0.1) is 5.82 Å². The van der Waals surface area contributed by atoms with E-state index in [1.165, 1.54) is 11.6 Å². The molecule has 20 heavy (non-hydrogen) atoms. The van der Waals surface area contributed by atoms with Gasteiger partial charge in [-0.05, 0) is 35.7 Å². The fraction of sp³-hybridized carbons (Fsp3) is 0.250. The van der Waals surface area contributed by atoms with Crippen LogP contribution in [0.25, 0.3) is 0 Å². The van der Waals surface area contributed by atoms with E-state index in [2.05, 4.69) is 43.2 Å². The fourth-order valence-corrected chi connectivity index (χ4v) is 3.80. The van der Waals surface area contributed by atoms with Crippen molar-refractivity contribution in [2.24, 2.45) is 0 Å². The highest BCUT2D eigenvalue weighted by Gasteiger charge is 2.40. The van der Waals surface area contributed by atoms with Crippen molar-refractivity contribution in [3.63, 3.8) is 0 Å². The molecule has 0 aliphatic carbocycles. The molecule has 2 aromatic carbocycles. The Morgan fingerprint density at radius 1 is 1.10 bits per heavy atom. The van der Waals surface area contributed by atoms with Gasteiger partial charge in [-0.25, -0.2) is 4.39 Å². The largest absolute Gasteiger partial charge is 0.315 e. The SMILES string of the molecule is Fc1cc(Br)ccc1CC1(c2ccccc2Br)CNC1. The van der Waals surface area contributed by atoms with Gasteiger partial charge in [0.25, 0.3) is 0 Å². The van der Waals surface area contributed by atoms with Crippen LogP contribution in [0.3, 0.4) is 0 Å². The second kappa shape index (κ2) is 5.58. The molecule has 1 N–H and O–H groups in total. The van der Waals surface area contributed by atoms with Gasteiger partial charge in [-0.1, -0.05) is 56.1 Å². The van der Waals surface area contributed by atoms with E-state index in [-0.39, 0.29) is 11.2 Å². The molecule has 0 spiro atoms. The number of benzene rings is 2. The van der Waals surface area contributed by atoms with Crippen LogP contribution < -0.4 is 5.32 Å². The molecular formula is C16H14Br2FN. The van der Waals surface area contributed by atoms with Crippen LogP contribution in [0.4, 0.5) is 4.39 Å². The smallest absolute Gasteiger partial charge is 0.127 e. The Labute approximate surface area is 134 Å². The third kappa shape index (κ3) is 2.57. The van der Waals surface area contributed by atoms with E-state index in [1.54, 1.807) is 0 Å². The van der Waals surface area contributed by atoms with E-state index < -0.39 is 0 Å². The van der Waals surface area contributed by atoms with Crippen molar-refractivity contribution in [3.8, 4) is 0 Å². The Balaban J connectivity index is 1.96. The van der Waals surface area contributed by atoms with Gasteiger partial charge in [0.05, 0.1) is 0 Å². The van der Waals surface area contributed by atoms with Crippen molar-refractivity contribution in [2.45, 2.75) is 11.8 Å². The molecule has 1 aliphatic heterocycles. The third-order valence-corrected chi connectivity index (χ3v) is 5.10. The number of hydrogen-bond donors (Lipinski definition) is 1. The molecule has 0 saturated carbocycles. The Hall–Kier alpha value is -0.710. The van der Waals surface area contributed by atoms with Crippen LogP contribution in [0.1, 0.15) is 11.1 Å². The number of rotatable bonds is 3. The van der Waals surface area contributed by atoms with Crippen molar-refractivity contribution in [1.82, 2.24) is 5.32 Å². The van der Waals surface area contributed by atoms with E-state index in [0.29, 0.717) is 6.42 Å². The first-order chi connectivity index (χ1) is 9.61. The first-order valence-corrected chi connectivity index (χ1v) is 8.09. The average Bonchev–Trinajstić information content (AvgIpc) is 2.37. The lowest BCUT2D eigenvalue weighted by Crippen LogP contribution is -2.58. The summed E-state index contributed by atoms with van der Waals surface area (Å²) in [5, 5.41) is 3.33. The molecule has 1 nitrogen and oxygen atoms in total. The summed E-state index contributed by atoms with van der Waals surface area (Å²) in [6.45, 7) is 1.76. The highest BCUT2D eigenvalue weighted by atomic mass is 79.9. The molecule has 0 amide bonds. The molecule has 3 rings (SSSR count). The van der Waals surface area contributed by atoms with Gasteiger partial charge < -0.3 is 5.32 Å². The predicted octanol–water partition coefficient (Wildman–Crippen LogP) is 4.43. The fourth-order valence-electron chi connectivity index (χ4n) is 2.76. The van der Waals surface area contributed by atoms with Crippen LogP contribution in [-0.4, -0.2) is 13.1 Å². The van der Waals surface area contributed by atoms with Crippen LogP contribution in [0.2, 0.25) is 0 Å². The average molecular weight is 399 g/mol. The van der Waals surface area contributed by atoms with E-state index >= 15 is 0 Å². The third-order valence-electron chi connectivity index (χ3n) is 3.92. The molecule has 1 saturated heterocycles. The van der Waals surface area contributed by atoms with Crippen molar-refractivity contribution in [3.05, 3.63) is 68.4 Å². The Morgan fingerprint density at radius 2 is 1.85 bits per heavy atom. The van der Waals surface area contributed by atoms with Crippen molar-refractivity contribution >= 4 is 31.9 Å². The van der Waals surface area contributed by atoms with E-state index in [4.69, 9.17) is 0 Å². The topological polar surface area (TPSA) is 12.0 Å². The highest BCUT2D eigenvalue weighted by Crippen LogP contribution is 2.37. The van der Waals surface area contributed by atoms with Crippen LogP contribution in [0.15, 0.2) is 51.4 Å². The number of nitrogens with one attached hydrogen (secondary N) is 1. The molecule has 0 radical (unpaired) electrons. The summed E-state index contributed by atoms with van der Waals surface area (Å²) in [7, 11) is 0. The molecule has 104 valence electrons. The summed E-state index contributed by atoms with van der Waals surface area (Å²) in [5.74, 6) is -0.141. The summed E-state index contributed by atoms with van der Waals surface area (Å²) >= 11 is 6.92. The predicted molar refractivity (Wildman–Crippen MR) is 86.5 cm³/mol. The van der Waals surface area contributed by atoms with E-state index in [0.717, 1.165) is 27.6 Å². The molecule has 1 fully saturated rings. The molecule has 0 unspecified atom stereocenters. The molecule has 4 heteroatoms. The summed E-state index contributed by atoms with van der Waals surface area (Å²) in [6, 6.07) is 13.5. The molecule has 0 bridgehead atoms. The monoisotopic (exact) mass is 397 g/mol. The van der Waals surface area contributed by atoms with Gasteiger partial charge >= 0.3 is 0 Å². The quantitative estimate of drug-likeness (QED) is 0.806. The molecule has 2 aromatic rings. The first kappa shape index (κ1) is 14.2. The number of halogens is 3. The lowest BCUT2D eigenvalue weighted by Gasteiger charge is -2.44. The zero-order valence-corrected chi connectivity index (χ0v) is 14.0. The van der Waals surface area contributed by atoms with Gasteiger partial charge in [0.2, 0.25) is 0 Å². The van der Waals surface area contributed by atoms with Crippen LogP contribution in [0.5, 0.6) is 0 Å². The van der Waals surface area contributed by atoms with Crippen LogP contribution >= 0.6 is 31.9 Å². The zero-order valence-electron chi connectivity index (χ0n) is 10.8. The minimum Gasteiger partial charge on any atom is -0.315 e. The Morgan fingerprint density at radius 3 is 2.45 bits per heavy atom. The zero-order chi connectivity index (χ0) is 14.2. The minimum absolute atomic E-state index is 0.0191. The van der Waals surface area contributed by atoms with Crippen molar-refractivity contribution in [1.29, 1.82) is 0 Å². The number of hydrogen-bond acceptors (Lipinski definition) is 1. The van der Waals surface area contributed by atoms with Crippen molar-refractivity contribution < 1.29 is 4.39 Å².